The first-order valence-corrected chi connectivity index (χ1v) is 6.19. The lowest BCUT2D eigenvalue weighted by Crippen LogP contribution is -2.27. The fraction of sp³-hybridized carbons (Fsp3) is 0.267. The zero-order chi connectivity index (χ0) is 14.9. The Hall–Kier alpha value is -2.43. The van der Waals surface area contributed by atoms with Crippen molar-refractivity contribution >= 4 is 24.0 Å². The topological polar surface area (TPSA) is 81.8 Å². The number of carbonyl (C=O) groups excluding carboxylic acids is 2. The molecule has 0 radical (unpaired) electrons. The van der Waals surface area contributed by atoms with Crippen LogP contribution in [0, 0.1) is 0 Å². The van der Waals surface area contributed by atoms with Crippen LogP contribution in [0.1, 0.15) is 26.3 Å². The first-order chi connectivity index (χ1) is 9.31. The minimum absolute atomic E-state index is 0.453. The fourth-order valence-corrected chi connectivity index (χ4v) is 2.04. The lowest BCUT2D eigenvalue weighted by molar-refractivity contribution is -0.104. The molecule has 4 bridgehead atoms. The Morgan fingerprint density at radius 2 is 2.05 bits per heavy atom. The second-order valence-corrected chi connectivity index (χ2v) is 5.45. The van der Waals surface area contributed by atoms with Gasteiger partial charge < -0.3 is 10.5 Å². The predicted molar refractivity (Wildman–Crippen MR) is 75.1 cm³/mol. The molecule has 104 valence electrons. The number of benzene rings is 1. The molecule has 0 saturated carbocycles. The number of nitrogens with zero attached hydrogens (tertiary/aromatic N) is 1. The molecule has 0 saturated heterocycles. The number of carbonyl (C=O) groups is 2. The van der Waals surface area contributed by atoms with E-state index in [1.165, 1.54) is 0 Å². The van der Waals surface area contributed by atoms with Crippen molar-refractivity contribution in [3.63, 3.8) is 0 Å². The summed E-state index contributed by atoms with van der Waals surface area (Å²) in [6.45, 7) is 5.28. The third-order valence-corrected chi connectivity index (χ3v) is 2.68. The summed E-state index contributed by atoms with van der Waals surface area (Å²) >= 11 is 0. The van der Waals surface area contributed by atoms with Gasteiger partial charge in [-0.2, -0.15) is 0 Å². The van der Waals surface area contributed by atoms with Crippen LogP contribution in [0.25, 0.3) is 11.6 Å². The molecule has 0 fully saturated rings. The fourth-order valence-electron chi connectivity index (χ4n) is 2.04. The number of hydrogen-bond donors (Lipinski definition) is 1. The Kier molecular flexibility index (Phi) is 3.44. The van der Waals surface area contributed by atoms with E-state index in [9.17, 15) is 9.59 Å². The number of rotatable bonds is 1. The molecule has 20 heavy (non-hydrogen) atoms. The first kappa shape index (κ1) is 14.0. The summed E-state index contributed by atoms with van der Waals surface area (Å²) in [7, 11) is 0. The number of allylic oxidation sites excluding steroid dienone is 2. The van der Waals surface area contributed by atoms with Crippen LogP contribution in [0.3, 0.4) is 0 Å². The van der Waals surface area contributed by atoms with Gasteiger partial charge in [-0.05, 0) is 26.8 Å². The minimum Gasteiger partial charge on any atom is -0.444 e. The maximum Gasteiger partial charge on any atom is 0.405 e. The van der Waals surface area contributed by atoms with Gasteiger partial charge in [0.1, 0.15) is 11.3 Å². The molecule has 1 aliphatic carbocycles. The van der Waals surface area contributed by atoms with Crippen molar-refractivity contribution in [1.82, 2.24) is 0 Å². The molecule has 1 amide bonds. The highest BCUT2D eigenvalue weighted by atomic mass is 16.6. The van der Waals surface area contributed by atoms with E-state index >= 15 is 0 Å². The number of amides is 1. The highest BCUT2D eigenvalue weighted by Gasteiger charge is 2.19. The van der Waals surface area contributed by atoms with E-state index in [1.54, 1.807) is 20.8 Å². The van der Waals surface area contributed by atoms with E-state index in [0.29, 0.717) is 5.70 Å². The molecule has 1 heterocycles. The van der Waals surface area contributed by atoms with Crippen LogP contribution in [0.5, 0.6) is 0 Å². The molecule has 0 aromatic heterocycles. The zero-order valence-corrected chi connectivity index (χ0v) is 11.6. The summed E-state index contributed by atoms with van der Waals surface area (Å²) in [5.74, 6) is 0. The molecule has 0 atom stereocenters. The Labute approximate surface area is 116 Å². The summed E-state index contributed by atoms with van der Waals surface area (Å²) in [6.07, 6.45) is 2.10. The van der Waals surface area contributed by atoms with Crippen molar-refractivity contribution in [2.45, 2.75) is 26.4 Å². The molecule has 2 aliphatic rings. The molecular formula is C15H16N2O3. The van der Waals surface area contributed by atoms with Crippen LogP contribution in [-0.2, 0) is 9.53 Å². The Morgan fingerprint density at radius 3 is 2.50 bits per heavy atom. The second-order valence-electron chi connectivity index (χ2n) is 5.45. The predicted octanol–water partition coefficient (Wildman–Crippen LogP) is 0.904. The second kappa shape index (κ2) is 4.92. The van der Waals surface area contributed by atoms with Gasteiger partial charge in [0.15, 0.2) is 6.29 Å². The molecule has 2 N–H and O–H groups in total. The molecule has 5 nitrogen and oxygen atoms in total. The van der Waals surface area contributed by atoms with E-state index in [1.807, 2.05) is 24.3 Å². The van der Waals surface area contributed by atoms with Crippen LogP contribution in [0.15, 0.2) is 28.9 Å². The minimum atomic E-state index is -0.725. The quantitative estimate of drug-likeness (QED) is 0.771. The average Bonchev–Trinajstić information content (AvgIpc) is 2.75. The number of ether oxygens (including phenoxy) is 1. The Bertz CT molecular complexity index is 724. The number of para-hydroxylation sites is 1. The van der Waals surface area contributed by atoms with Crippen molar-refractivity contribution in [1.29, 1.82) is 0 Å². The molecule has 3 rings (SSSR count). The van der Waals surface area contributed by atoms with Crippen LogP contribution in [0.4, 0.5) is 4.79 Å². The first-order valence-electron chi connectivity index (χ1n) is 6.19. The summed E-state index contributed by atoms with van der Waals surface area (Å²) in [5, 5.41) is 2.10. The smallest absolute Gasteiger partial charge is 0.405 e. The average molecular weight is 272 g/mol. The van der Waals surface area contributed by atoms with E-state index in [4.69, 9.17) is 5.73 Å². The zero-order valence-electron chi connectivity index (χ0n) is 11.6. The number of aldehydes is 1. The summed E-state index contributed by atoms with van der Waals surface area (Å²) in [4.78, 5) is 24.8. The Balaban J connectivity index is 0.000000163. The summed E-state index contributed by atoms with van der Waals surface area (Å²) in [5.41, 5.74) is 6.93. The van der Waals surface area contributed by atoms with Crippen molar-refractivity contribution in [2.75, 3.05) is 0 Å². The monoisotopic (exact) mass is 272 g/mol. The molecule has 1 aromatic carbocycles. The maximum absolute atomic E-state index is 10.5. The molecule has 0 unspecified atom stereocenters. The lowest BCUT2D eigenvalue weighted by Gasteiger charge is -2.16. The number of nitrogens with two attached hydrogens (primary N) is 1. The lowest BCUT2D eigenvalue weighted by atomic mass is 10.1. The molecule has 1 aromatic rings. The van der Waals surface area contributed by atoms with Gasteiger partial charge in [-0.15, -0.1) is 0 Å². The van der Waals surface area contributed by atoms with Gasteiger partial charge in [0.2, 0.25) is 0 Å². The van der Waals surface area contributed by atoms with E-state index in [-0.39, 0.29) is 0 Å². The van der Waals surface area contributed by atoms with E-state index in [2.05, 4.69) is 9.73 Å². The Morgan fingerprint density at radius 1 is 1.35 bits per heavy atom. The number of hydrogen-bond acceptors (Lipinski definition) is 4. The van der Waals surface area contributed by atoms with Crippen LogP contribution in [0.2, 0.25) is 0 Å². The van der Waals surface area contributed by atoms with E-state index in [0.717, 1.165) is 28.0 Å². The van der Waals surface area contributed by atoms with Crippen molar-refractivity contribution in [3.05, 3.63) is 40.0 Å². The van der Waals surface area contributed by atoms with Crippen LogP contribution in [-0.4, -0.2) is 18.0 Å². The molecule has 0 spiro atoms. The maximum atomic E-state index is 10.5. The summed E-state index contributed by atoms with van der Waals surface area (Å²) < 4.78 is 4.58. The van der Waals surface area contributed by atoms with Crippen molar-refractivity contribution in [3.8, 4) is 0 Å². The van der Waals surface area contributed by atoms with Gasteiger partial charge in [0.05, 0.1) is 5.36 Å². The van der Waals surface area contributed by atoms with Gasteiger partial charge in [-0.1, -0.05) is 18.2 Å². The highest BCUT2D eigenvalue weighted by Crippen LogP contribution is 2.23. The molecule has 1 aliphatic heterocycles. The SMILES string of the molecule is CC(C)(C)OC(N)=O.O=CC1=C2C=c3cccc2c3=N1. The van der Waals surface area contributed by atoms with Crippen molar-refractivity contribution in [2.24, 2.45) is 10.7 Å². The number of primary amides is 1. The third-order valence-electron chi connectivity index (χ3n) is 2.68. The van der Waals surface area contributed by atoms with Gasteiger partial charge in [0.25, 0.3) is 0 Å². The molecule has 5 heteroatoms. The van der Waals surface area contributed by atoms with Gasteiger partial charge >= 0.3 is 6.09 Å². The van der Waals surface area contributed by atoms with Crippen LogP contribution >= 0.6 is 0 Å². The van der Waals surface area contributed by atoms with Gasteiger partial charge in [-0.3, -0.25) is 4.79 Å². The standard InChI is InChI=1S/C10H5NO.C5H11NO2/c12-5-9-8-4-6-2-1-3-7(8)10(6)11-9;1-5(2,3)8-4(6)7/h1-5H;1-3H3,(H2,6,7). The van der Waals surface area contributed by atoms with Crippen molar-refractivity contribution < 1.29 is 14.3 Å². The van der Waals surface area contributed by atoms with E-state index < -0.39 is 11.7 Å². The van der Waals surface area contributed by atoms with Gasteiger partial charge in [-0.25, -0.2) is 9.79 Å². The normalized spacial score (nSPS) is 13.9. The highest BCUT2D eigenvalue weighted by molar-refractivity contribution is 6.03. The third kappa shape index (κ3) is 2.77. The largest absolute Gasteiger partial charge is 0.444 e. The molecular weight excluding hydrogens is 256 g/mol. The summed E-state index contributed by atoms with van der Waals surface area (Å²) in [6, 6.07) is 6.00. The van der Waals surface area contributed by atoms with Gasteiger partial charge in [0, 0.05) is 16.4 Å². The van der Waals surface area contributed by atoms with Crippen LogP contribution < -0.4 is 16.3 Å².